The molecular weight excluding hydrogens is 1130 g/mol. The Morgan fingerprint density at radius 3 is 1.79 bits per heavy atom. The van der Waals surface area contributed by atoms with Crippen LogP contribution in [0.1, 0.15) is 182 Å². The fourth-order valence-electron chi connectivity index (χ4n) is 18.9. The zero-order valence-electron chi connectivity index (χ0n) is 57.1. The second kappa shape index (κ2) is 19.0. The van der Waals surface area contributed by atoms with Crippen LogP contribution in [0.5, 0.6) is 0 Å². The number of fused-ring (bicyclic) bond motifs is 18. The maximum atomic E-state index is 8.00. The highest BCUT2D eigenvalue weighted by molar-refractivity contribution is 7.26. The third kappa shape index (κ3) is 7.82. The molecule has 0 saturated heterocycles. The molecule has 4 nitrogen and oxygen atoms in total. The minimum Gasteiger partial charge on any atom is -0.468 e. The van der Waals surface area contributed by atoms with Gasteiger partial charge < -0.3 is 19.1 Å². The Hall–Kier alpha value is -7.80. The molecule has 3 unspecified atom stereocenters. The molecule has 2 aromatic heterocycles. The normalized spacial score (nSPS) is 21.2. The number of furan rings is 1. The third-order valence-electron chi connectivity index (χ3n) is 24.7. The predicted octanol–water partition coefficient (Wildman–Crippen LogP) is 22.7. The van der Waals surface area contributed by atoms with Crippen molar-refractivity contribution >= 4 is 117 Å². The highest BCUT2D eigenvalue weighted by atomic mass is 32.1. The van der Waals surface area contributed by atoms with E-state index in [4.69, 9.17) is 4.42 Å². The van der Waals surface area contributed by atoms with Crippen LogP contribution >= 0.6 is 11.3 Å². The van der Waals surface area contributed by atoms with Crippen molar-refractivity contribution in [1.82, 2.24) is 0 Å². The topological polar surface area (TPSA) is 22.9 Å². The molecule has 2 saturated carbocycles. The van der Waals surface area contributed by atoms with E-state index in [2.05, 4.69) is 301 Å². The lowest BCUT2D eigenvalue weighted by Gasteiger charge is -2.48. The summed E-state index contributed by atoms with van der Waals surface area (Å²) in [5.74, 6) is 0.652. The van der Waals surface area contributed by atoms with Crippen molar-refractivity contribution < 1.29 is 4.42 Å². The predicted molar refractivity (Wildman–Crippen MR) is 395 cm³/mol. The Balaban J connectivity index is 0.985. The summed E-state index contributed by atoms with van der Waals surface area (Å²) in [6, 6.07) is 69.5. The molecule has 6 aliphatic rings. The van der Waals surface area contributed by atoms with Gasteiger partial charge in [0.2, 0.25) is 0 Å². The van der Waals surface area contributed by atoms with Gasteiger partial charge in [0.1, 0.15) is 5.58 Å². The van der Waals surface area contributed by atoms with Crippen molar-refractivity contribution in [2.75, 3.05) is 14.7 Å². The van der Waals surface area contributed by atoms with Crippen molar-refractivity contribution in [3.63, 3.8) is 0 Å². The molecule has 4 heterocycles. The van der Waals surface area contributed by atoms with Gasteiger partial charge in [-0.15, -0.1) is 11.3 Å². The number of benzene rings is 9. The molecule has 9 aromatic carbocycles. The first-order valence-corrected chi connectivity index (χ1v) is 35.1. The maximum absolute atomic E-state index is 8.00. The number of anilines is 9. The number of hydrogen-bond acceptors (Lipinski definition) is 5. The first-order valence-electron chi connectivity index (χ1n) is 34.3. The molecule has 0 amide bonds. The highest BCUT2D eigenvalue weighted by Gasteiger charge is 2.71. The van der Waals surface area contributed by atoms with E-state index >= 15 is 0 Å². The van der Waals surface area contributed by atoms with Crippen LogP contribution in [0.3, 0.4) is 0 Å². The summed E-state index contributed by atoms with van der Waals surface area (Å²) in [5, 5.41) is 3.77. The van der Waals surface area contributed by atoms with E-state index in [0.29, 0.717) is 5.92 Å². The average molecular weight is 1220 g/mol. The standard InChI is InChI=1S/C86H88BN3OS/c1-79(2,3)51-31-35-55(36-32-51)88(68-29-21-25-59-58-23-18-20-30-73(58)92-77(59)68)57-39-40-66-69(47-57)89(56-37-33-52(34-38-56)80(4,5)6)70-45-54(81(7,8)9)46-71-75(70)87(66)78-76(61-48-64-65(49-72(61)91-78)83(12,13)44-43-82(64,10)11)90(71)67-28-22-27-63-74(67)60-24-17-19-26-62(60)86(63)50-53-41-42-85(86,16)84(53,14)15/h17-40,45-49,53H,41-44,50H2,1-16H3. The second-order valence-electron chi connectivity index (χ2n) is 33.8. The minimum atomic E-state index is -0.244. The monoisotopic (exact) mass is 1220 g/mol. The van der Waals surface area contributed by atoms with E-state index in [1.165, 1.54) is 134 Å². The second-order valence-corrected chi connectivity index (χ2v) is 34.9. The van der Waals surface area contributed by atoms with E-state index in [9.17, 15) is 0 Å². The van der Waals surface area contributed by atoms with E-state index in [-0.39, 0.29) is 50.0 Å². The van der Waals surface area contributed by atoms with Gasteiger partial charge in [-0.1, -0.05) is 208 Å². The molecular formula is C86H88BN3OS. The van der Waals surface area contributed by atoms with Crippen molar-refractivity contribution in [1.29, 1.82) is 0 Å². The molecule has 11 aromatic rings. The van der Waals surface area contributed by atoms with E-state index < -0.39 is 0 Å². The van der Waals surface area contributed by atoms with Gasteiger partial charge in [0.05, 0.1) is 27.4 Å². The fraction of sp³-hybridized carbons (Fsp3) is 0.349. The Bertz CT molecular complexity index is 4940. The van der Waals surface area contributed by atoms with Crippen LogP contribution in [0.25, 0.3) is 42.3 Å². The number of nitrogens with zero attached hydrogens (tertiary/aromatic N) is 3. The molecule has 3 atom stereocenters. The molecule has 0 N–H and O–H groups in total. The molecule has 2 fully saturated rings. The van der Waals surface area contributed by atoms with Gasteiger partial charge in [-0.3, -0.25) is 0 Å². The zero-order valence-corrected chi connectivity index (χ0v) is 57.9. The molecule has 462 valence electrons. The van der Waals surface area contributed by atoms with Gasteiger partial charge in [0.15, 0.2) is 0 Å². The lowest BCUT2D eigenvalue weighted by atomic mass is 9.35. The van der Waals surface area contributed by atoms with Gasteiger partial charge in [0, 0.05) is 66.0 Å². The Labute approximate surface area is 550 Å². The van der Waals surface area contributed by atoms with Crippen molar-refractivity contribution in [3.05, 3.63) is 215 Å². The van der Waals surface area contributed by atoms with Gasteiger partial charge in [-0.2, -0.15) is 0 Å². The van der Waals surface area contributed by atoms with Crippen LogP contribution in [0.2, 0.25) is 0 Å². The van der Waals surface area contributed by atoms with E-state index in [0.717, 1.165) is 46.8 Å². The fourth-order valence-corrected chi connectivity index (χ4v) is 20.1. The van der Waals surface area contributed by atoms with Crippen LogP contribution in [0.15, 0.2) is 180 Å². The molecule has 1 spiro atoms. The van der Waals surface area contributed by atoms with Crippen molar-refractivity contribution in [2.45, 2.75) is 175 Å². The van der Waals surface area contributed by atoms with Crippen LogP contribution in [0, 0.1) is 16.7 Å². The molecule has 4 aliphatic carbocycles. The smallest absolute Gasteiger partial charge is 0.297 e. The molecule has 0 radical (unpaired) electrons. The summed E-state index contributed by atoms with van der Waals surface area (Å²) in [5.41, 5.74) is 27.5. The Morgan fingerprint density at radius 2 is 1.12 bits per heavy atom. The molecule has 92 heavy (non-hydrogen) atoms. The summed E-state index contributed by atoms with van der Waals surface area (Å²) >= 11 is 1.89. The first-order chi connectivity index (χ1) is 43.6. The number of rotatable bonds is 5. The van der Waals surface area contributed by atoms with Gasteiger partial charge in [-0.25, -0.2) is 0 Å². The summed E-state index contributed by atoms with van der Waals surface area (Å²) in [4.78, 5) is 7.94. The van der Waals surface area contributed by atoms with Gasteiger partial charge in [0.25, 0.3) is 6.71 Å². The van der Waals surface area contributed by atoms with Crippen molar-refractivity contribution in [3.8, 4) is 11.1 Å². The number of hydrogen-bond donors (Lipinski definition) is 0. The zero-order chi connectivity index (χ0) is 63.9. The Morgan fingerprint density at radius 1 is 0.511 bits per heavy atom. The molecule has 6 heteroatoms. The highest BCUT2D eigenvalue weighted by Crippen LogP contribution is 2.78. The maximum Gasteiger partial charge on any atom is 0.297 e. The lowest BCUT2D eigenvalue weighted by Crippen LogP contribution is -2.61. The SMILES string of the molecule is CC(C)(C)c1ccc(N2c3cc(N(c4ccc(C(C)(C)C)cc4)c4cccc5c4sc4ccccc45)ccc3B3c4oc5cc6c(cc5c4N(c4cccc5c4-c4ccccc4C54CC5CCC4(C)C5(C)C)c4cc(C(C)(C)C)cc2c43)C(C)(C)CCC6(C)C)cc1. The van der Waals surface area contributed by atoms with Crippen molar-refractivity contribution in [2.24, 2.45) is 16.7 Å². The number of thiophene rings is 1. The summed E-state index contributed by atoms with van der Waals surface area (Å²) in [6.07, 6.45) is 5.97. The molecule has 17 rings (SSSR count). The average Bonchev–Trinajstić information content (AvgIpc) is 1.46. The van der Waals surface area contributed by atoms with Crippen LogP contribution < -0.4 is 31.3 Å². The Kier molecular flexibility index (Phi) is 12.0. The lowest BCUT2D eigenvalue weighted by molar-refractivity contribution is 0.0990. The van der Waals surface area contributed by atoms with Crippen LogP contribution in [-0.2, 0) is 32.5 Å². The van der Waals surface area contributed by atoms with Crippen LogP contribution in [0.4, 0.5) is 51.2 Å². The van der Waals surface area contributed by atoms with E-state index in [1.807, 2.05) is 11.3 Å². The summed E-state index contributed by atoms with van der Waals surface area (Å²) in [7, 11) is 0. The van der Waals surface area contributed by atoms with E-state index in [1.54, 1.807) is 0 Å². The third-order valence-corrected chi connectivity index (χ3v) is 25.9. The molecule has 2 bridgehead atoms. The quantitative estimate of drug-likeness (QED) is 0.160. The largest absolute Gasteiger partial charge is 0.468 e. The minimum absolute atomic E-state index is 0.00290. The van der Waals surface area contributed by atoms with Gasteiger partial charge in [-0.05, 0) is 210 Å². The van der Waals surface area contributed by atoms with Crippen LogP contribution in [-0.4, -0.2) is 6.71 Å². The summed E-state index contributed by atoms with van der Waals surface area (Å²) in [6.45, 7) is 38.6. The molecule has 2 aliphatic heterocycles. The van der Waals surface area contributed by atoms with Gasteiger partial charge >= 0.3 is 0 Å². The summed E-state index contributed by atoms with van der Waals surface area (Å²) < 4.78 is 10.6. The first kappa shape index (κ1) is 58.1.